The molecule has 0 unspecified atom stereocenters. The van der Waals surface area contributed by atoms with Gasteiger partial charge in [0.25, 0.3) is 0 Å². The fourth-order valence-electron chi connectivity index (χ4n) is 2.19. The zero-order valence-corrected chi connectivity index (χ0v) is 10.0. The molecule has 0 amide bonds. The van der Waals surface area contributed by atoms with Crippen molar-refractivity contribution >= 4 is 0 Å². The van der Waals surface area contributed by atoms with E-state index in [0.717, 1.165) is 32.2 Å². The molecule has 0 aliphatic carbocycles. The topological polar surface area (TPSA) is 21.3 Å². The number of aryl methyl sites for hydroxylation is 1. The van der Waals surface area contributed by atoms with Gasteiger partial charge in [0.15, 0.2) is 0 Å². The van der Waals surface area contributed by atoms with Gasteiger partial charge in [0.05, 0.1) is 0 Å². The van der Waals surface area contributed by atoms with E-state index in [0.29, 0.717) is 0 Å². The highest BCUT2D eigenvalue weighted by atomic mass is 16.5. The standard InChI is InChI=1S/C14H21NO/c1-12-3-2-4-14(9-12)11-15-10-13-5-7-16-8-6-13/h2-4,9,13,15H,5-8,10-11H2,1H3. The Bertz CT molecular complexity index is 318. The van der Waals surface area contributed by atoms with Crippen LogP contribution in [-0.2, 0) is 11.3 Å². The van der Waals surface area contributed by atoms with E-state index in [1.807, 2.05) is 0 Å². The summed E-state index contributed by atoms with van der Waals surface area (Å²) in [5, 5.41) is 3.54. The van der Waals surface area contributed by atoms with E-state index in [1.54, 1.807) is 0 Å². The van der Waals surface area contributed by atoms with Crippen molar-refractivity contribution in [3.8, 4) is 0 Å². The molecule has 2 heteroatoms. The normalized spacial score (nSPS) is 17.6. The van der Waals surface area contributed by atoms with Gasteiger partial charge in [-0.05, 0) is 37.8 Å². The van der Waals surface area contributed by atoms with E-state index < -0.39 is 0 Å². The monoisotopic (exact) mass is 219 g/mol. The van der Waals surface area contributed by atoms with Gasteiger partial charge >= 0.3 is 0 Å². The van der Waals surface area contributed by atoms with E-state index in [-0.39, 0.29) is 0 Å². The summed E-state index contributed by atoms with van der Waals surface area (Å²) in [5.41, 5.74) is 2.72. The molecule has 16 heavy (non-hydrogen) atoms. The summed E-state index contributed by atoms with van der Waals surface area (Å²) in [6.45, 7) is 6.13. The van der Waals surface area contributed by atoms with Crippen molar-refractivity contribution in [3.63, 3.8) is 0 Å². The van der Waals surface area contributed by atoms with Crippen LogP contribution in [0.15, 0.2) is 24.3 Å². The van der Waals surface area contributed by atoms with Gasteiger partial charge in [0.1, 0.15) is 0 Å². The molecule has 0 spiro atoms. The van der Waals surface area contributed by atoms with E-state index in [9.17, 15) is 0 Å². The summed E-state index contributed by atoms with van der Waals surface area (Å²) in [4.78, 5) is 0. The quantitative estimate of drug-likeness (QED) is 0.840. The molecule has 1 N–H and O–H groups in total. The third-order valence-electron chi connectivity index (χ3n) is 3.19. The molecule has 2 nitrogen and oxygen atoms in total. The first-order chi connectivity index (χ1) is 7.84. The lowest BCUT2D eigenvalue weighted by Crippen LogP contribution is -2.27. The van der Waals surface area contributed by atoms with Gasteiger partial charge in [-0.1, -0.05) is 29.8 Å². The second-order valence-electron chi connectivity index (χ2n) is 4.68. The number of hydrogen-bond acceptors (Lipinski definition) is 2. The Morgan fingerprint density at radius 3 is 2.88 bits per heavy atom. The highest BCUT2D eigenvalue weighted by Gasteiger charge is 2.12. The van der Waals surface area contributed by atoms with Crippen LogP contribution in [0, 0.1) is 12.8 Å². The number of hydrogen-bond donors (Lipinski definition) is 1. The lowest BCUT2D eigenvalue weighted by Gasteiger charge is -2.22. The van der Waals surface area contributed by atoms with Gasteiger partial charge in [-0.25, -0.2) is 0 Å². The summed E-state index contributed by atoms with van der Waals surface area (Å²) >= 11 is 0. The molecular weight excluding hydrogens is 198 g/mol. The Morgan fingerprint density at radius 2 is 2.12 bits per heavy atom. The van der Waals surface area contributed by atoms with E-state index >= 15 is 0 Å². The maximum Gasteiger partial charge on any atom is 0.0469 e. The maximum atomic E-state index is 5.35. The molecule has 1 fully saturated rings. The van der Waals surface area contributed by atoms with Crippen LogP contribution in [0.25, 0.3) is 0 Å². The first-order valence-electron chi connectivity index (χ1n) is 6.18. The molecule has 1 aromatic rings. The fraction of sp³-hybridized carbons (Fsp3) is 0.571. The molecule has 0 saturated carbocycles. The Morgan fingerprint density at radius 1 is 1.31 bits per heavy atom. The van der Waals surface area contributed by atoms with Crippen LogP contribution in [0.1, 0.15) is 24.0 Å². The van der Waals surface area contributed by atoms with Gasteiger partial charge < -0.3 is 10.1 Å². The van der Waals surface area contributed by atoms with E-state index in [1.165, 1.54) is 24.0 Å². The highest BCUT2D eigenvalue weighted by molar-refractivity contribution is 5.21. The summed E-state index contributed by atoms with van der Waals surface area (Å²) in [7, 11) is 0. The molecule has 1 aliphatic heterocycles. The van der Waals surface area contributed by atoms with Gasteiger partial charge in [0, 0.05) is 19.8 Å². The Labute approximate surface area is 98.0 Å². The molecule has 1 aliphatic rings. The van der Waals surface area contributed by atoms with E-state index in [2.05, 4.69) is 36.5 Å². The Kier molecular flexibility index (Phi) is 4.37. The van der Waals surface area contributed by atoms with Crippen LogP contribution < -0.4 is 5.32 Å². The van der Waals surface area contributed by atoms with Crippen molar-refractivity contribution in [2.24, 2.45) is 5.92 Å². The molecule has 2 rings (SSSR count). The van der Waals surface area contributed by atoms with Crippen LogP contribution in [0.5, 0.6) is 0 Å². The van der Waals surface area contributed by atoms with Gasteiger partial charge in [0.2, 0.25) is 0 Å². The molecule has 0 atom stereocenters. The molecular formula is C14H21NO. The second kappa shape index (κ2) is 6.02. The molecule has 0 bridgehead atoms. The minimum Gasteiger partial charge on any atom is -0.381 e. The second-order valence-corrected chi connectivity index (χ2v) is 4.68. The van der Waals surface area contributed by atoms with Crippen LogP contribution in [0.3, 0.4) is 0 Å². The van der Waals surface area contributed by atoms with Crippen molar-refractivity contribution < 1.29 is 4.74 Å². The predicted octanol–water partition coefficient (Wildman–Crippen LogP) is 2.51. The highest BCUT2D eigenvalue weighted by Crippen LogP contribution is 2.13. The zero-order chi connectivity index (χ0) is 11.2. The maximum absolute atomic E-state index is 5.35. The largest absolute Gasteiger partial charge is 0.381 e. The van der Waals surface area contributed by atoms with Crippen LogP contribution in [0.4, 0.5) is 0 Å². The Hall–Kier alpha value is -0.860. The van der Waals surface area contributed by atoms with Crippen molar-refractivity contribution in [1.82, 2.24) is 5.32 Å². The molecule has 0 aromatic heterocycles. The lowest BCUT2D eigenvalue weighted by molar-refractivity contribution is 0.0662. The molecule has 1 heterocycles. The van der Waals surface area contributed by atoms with E-state index in [4.69, 9.17) is 4.74 Å². The van der Waals surface area contributed by atoms with Gasteiger partial charge in [-0.15, -0.1) is 0 Å². The smallest absolute Gasteiger partial charge is 0.0469 e. The summed E-state index contributed by atoms with van der Waals surface area (Å²) in [6, 6.07) is 8.70. The van der Waals surface area contributed by atoms with Crippen molar-refractivity contribution in [2.45, 2.75) is 26.3 Å². The van der Waals surface area contributed by atoms with Crippen LogP contribution in [-0.4, -0.2) is 19.8 Å². The minimum atomic E-state index is 0.804. The third-order valence-corrected chi connectivity index (χ3v) is 3.19. The lowest BCUT2D eigenvalue weighted by atomic mass is 10.0. The van der Waals surface area contributed by atoms with Crippen LogP contribution >= 0.6 is 0 Å². The zero-order valence-electron chi connectivity index (χ0n) is 10.0. The van der Waals surface area contributed by atoms with Crippen LogP contribution in [0.2, 0.25) is 0 Å². The molecule has 1 saturated heterocycles. The fourth-order valence-corrected chi connectivity index (χ4v) is 2.19. The number of benzene rings is 1. The SMILES string of the molecule is Cc1cccc(CNCC2CCOCC2)c1. The van der Waals surface area contributed by atoms with Gasteiger partial charge in [-0.2, -0.15) is 0 Å². The summed E-state index contributed by atoms with van der Waals surface area (Å²) in [5.74, 6) is 0.804. The molecule has 1 aromatic carbocycles. The number of rotatable bonds is 4. The van der Waals surface area contributed by atoms with Crippen molar-refractivity contribution in [2.75, 3.05) is 19.8 Å². The summed E-state index contributed by atoms with van der Waals surface area (Å²) < 4.78 is 5.35. The minimum absolute atomic E-state index is 0.804. The first kappa shape index (κ1) is 11.6. The first-order valence-corrected chi connectivity index (χ1v) is 6.18. The summed E-state index contributed by atoms with van der Waals surface area (Å²) in [6.07, 6.45) is 2.42. The molecule has 88 valence electrons. The Balaban J connectivity index is 1.71. The van der Waals surface area contributed by atoms with Crippen molar-refractivity contribution in [1.29, 1.82) is 0 Å². The number of nitrogens with one attached hydrogen (secondary N) is 1. The third kappa shape index (κ3) is 3.62. The van der Waals surface area contributed by atoms with Gasteiger partial charge in [-0.3, -0.25) is 0 Å². The average molecular weight is 219 g/mol. The number of ether oxygens (including phenoxy) is 1. The molecule has 0 radical (unpaired) electrons. The van der Waals surface area contributed by atoms with Crippen molar-refractivity contribution in [3.05, 3.63) is 35.4 Å². The average Bonchev–Trinajstić information content (AvgIpc) is 2.30. The predicted molar refractivity (Wildman–Crippen MR) is 66.4 cm³/mol.